The van der Waals surface area contributed by atoms with Crippen molar-refractivity contribution in [1.82, 2.24) is 9.97 Å². The molecule has 162 valence electrons. The number of hydrogen-bond donors (Lipinski definition) is 2. The molecular formula is C21H23N5O4S. The number of carbonyl (C=O) groups is 2. The number of likely N-dealkylation sites (N-methyl/N-ethyl adjacent to an activating group) is 1. The van der Waals surface area contributed by atoms with Crippen LogP contribution < -0.4 is 20.3 Å². The summed E-state index contributed by atoms with van der Waals surface area (Å²) in [6.45, 7) is 1.21. The highest BCUT2D eigenvalue weighted by Crippen LogP contribution is 2.25. The van der Waals surface area contributed by atoms with Gasteiger partial charge in [0.1, 0.15) is 11.4 Å². The lowest BCUT2D eigenvalue weighted by Gasteiger charge is -2.14. The van der Waals surface area contributed by atoms with Crippen molar-refractivity contribution in [3.63, 3.8) is 0 Å². The second-order valence-corrected chi connectivity index (χ2v) is 7.33. The van der Waals surface area contributed by atoms with E-state index >= 15 is 0 Å². The second kappa shape index (κ2) is 10.5. The minimum Gasteiger partial charge on any atom is -0.497 e. The maximum atomic E-state index is 12.8. The van der Waals surface area contributed by atoms with Crippen LogP contribution in [0.2, 0.25) is 0 Å². The van der Waals surface area contributed by atoms with E-state index in [1.54, 1.807) is 49.0 Å². The molecule has 3 rings (SSSR count). The molecule has 2 heterocycles. The SMILES string of the molecule is COCCN(C)c1nc(C(=O)Nc2ccc(OC)cc2C(=O)Nc2cccnc2)cs1. The van der Waals surface area contributed by atoms with Gasteiger partial charge in [0.25, 0.3) is 11.8 Å². The summed E-state index contributed by atoms with van der Waals surface area (Å²) in [7, 11) is 5.02. The molecule has 0 unspecified atom stereocenters. The van der Waals surface area contributed by atoms with Gasteiger partial charge in [-0.15, -0.1) is 11.3 Å². The lowest BCUT2D eigenvalue weighted by Crippen LogP contribution is -2.22. The number of nitrogens with one attached hydrogen (secondary N) is 2. The standard InChI is InChI=1S/C21H23N5O4S/c1-26(9-10-29-2)21-25-18(13-31-21)20(28)24-17-7-6-15(30-3)11-16(17)19(27)23-14-5-4-8-22-12-14/h4-8,11-13H,9-10H2,1-3H3,(H,23,27)(H,24,28). The molecule has 10 heteroatoms. The number of methoxy groups -OCH3 is 2. The third-order valence-corrected chi connectivity index (χ3v) is 5.28. The highest BCUT2D eigenvalue weighted by molar-refractivity contribution is 7.13. The van der Waals surface area contributed by atoms with E-state index in [1.165, 1.54) is 24.6 Å². The van der Waals surface area contributed by atoms with Crippen molar-refractivity contribution in [1.29, 1.82) is 0 Å². The molecule has 0 aliphatic heterocycles. The first kappa shape index (κ1) is 22.2. The van der Waals surface area contributed by atoms with Gasteiger partial charge in [-0.3, -0.25) is 14.6 Å². The fourth-order valence-corrected chi connectivity index (χ4v) is 3.44. The maximum Gasteiger partial charge on any atom is 0.275 e. The zero-order chi connectivity index (χ0) is 22.2. The zero-order valence-corrected chi connectivity index (χ0v) is 18.2. The Morgan fingerprint density at radius 2 is 2.00 bits per heavy atom. The summed E-state index contributed by atoms with van der Waals surface area (Å²) in [4.78, 5) is 35.9. The molecule has 0 saturated heterocycles. The van der Waals surface area contributed by atoms with Gasteiger partial charge in [-0.2, -0.15) is 0 Å². The molecule has 2 amide bonds. The predicted octanol–water partition coefficient (Wildman–Crippen LogP) is 3.13. The summed E-state index contributed by atoms with van der Waals surface area (Å²) in [6, 6.07) is 8.29. The molecule has 0 aliphatic carbocycles. The number of ether oxygens (including phenoxy) is 2. The highest BCUT2D eigenvalue weighted by Gasteiger charge is 2.18. The van der Waals surface area contributed by atoms with Crippen LogP contribution in [0.1, 0.15) is 20.8 Å². The lowest BCUT2D eigenvalue weighted by molar-refractivity contribution is 0.102. The molecule has 1 aromatic carbocycles. The quantitative estimate of drug-likeness (QED) is 0.525. The number of anilines is 3. The third kappa shape index (κ3) is 5.77. The highest BCUT2D eigenvalue weighted by atomic mass is 32.1. The van der Waals surface area contributed by atoms with Crippen LogP contribution in [0.15, 0.2) is 48.1 Å². The predicted molar refractivity (Wildman–Crippen MR) is 120 cm³/mol. The van der Waals surface area contributed by atoms with Crippen molar-refractivity contribution in [2.24, 2.45) is 0 Å². The molecule has 0 fully saturated rings. The molecule has 3 aromatic rings. The number of benzene rings is 1. The summed E-state index contributed by atoms with van der Waals surface area (Å²) in [5.41, 5.74) is 1.40. The monoisotopic (exact) mass is 441 g/mol. The molecule has 0 atom stereocenters. The normalized spacial score (nSPS) is 10.4. The van der Waals surface area contributed by atoms with Gasteiger partial charge in [0.05, 0.1) is 36.9 Å². The molecule has 0 saturated carbocycles. The molecule has 0 bridgehead atoms. The number of aromatic nitrogens is 2. The second-order valence-electron chi connectivity index (χ2n) is 6.49. The first-order valence-corrected chi connectivity index (χ1v) is 10.3. The van der Waals surface area contributed by atoms with E-state index in [9.17, 15) is 9.59 Å². The minimum absolute atomic E-state index is 0.254. The molecule has 0 aliphatic rings. The van der Waals surface area contributed by atoms with E-state index in [-0.39, 0.29) is 11.3 Å². The molecule has 2 N–H and O–H groups in total. The number of hydrogen-bond acceptors (Lipinski definition) is 8. The number of nitrogens with zero attached hydrogens (tertiary/aromatic N) is 3. The first-order valence-electron chi connectivity index (χ1n) is 9.38. The fraction of sp³-hybridized carbons (Fsp3) is 0.238. The zero-order valence-electron chi connectivity index (χ0n) is 17.4. The smallest absolute Gasteiger partial charge is 0.275 e. The van der Waals surface area contributed by atoms with Crippen LogP contribution in [0.25, 0.3) is 0 Å². The van der Waals surface area contributed by atoms with Crippen LogP contribution in [0.4, 0.5) is 16.5 Å². The van der Waals surface area contributed by atoms with Gasteiger partial charge in [0.2, 0.25) is 0 Å². The Bertz CT molecular complexity index is 1040. The van der Waals surface area contributed by atoms with Gasteiger partial charge >= 0.3 is 0 Å². The molecule has 9 nitrogen and oxygen atoms in total. The third-order valence-electron chi connectivity index (χ3n) is 4.32. The topological polar surface area (TPSA) is 106 Å². The summed E-state index contributed by atoms with van der Waals surface area (Å²) < 4.78 is 10.3. The van der Waals surface area contributed by atoms with Crippen molar-refractivity contribution in [3.05, 3.63) is 59.4 Å². The van der Waals surface area contributed by atoms with Gasteiger partial charge < -0.3 is 25.0 Å². The minimum atomic E-state index is -0.414. The Balaban J connectivity index is 1.78. The van der Waals surface area contributed by atoms with Crippen LogP contribution in [0, 0.1) is 0 Å². The van der Waals surface area contributed by atoms with Crippen LogP contribution in [-0.4, -0.2) is 56.2 Å². The first-order chi connectivity index (χ1) is 15.0. The summed E-state index contributed by atoms with van der Waals surface area (Å²) in [5, 5.41) is 7.91. The van der Waals surface area contributed by atoms with Crippen molar-refractivity contribution in [2.45, 2.75) is 0 Å². The van der Waals surface area contributed by atoms with Gasteiger partial charge in [-0.05, 0) is 30.3 Å². The largest absolute Gasteiger partial charge is 0.497 e. The Kier molecular flexibility index (Phi) is 7.52. The van der Waals surface area contributed by atoms with E-state index in [0.717, 1.165) is 0 Å². The van der Waals surface area contributed by atoms with Crippen molar-refractivity contribution >= 4 is 39.7 Å². The van der Waals surface area contributed by atoms with E-state index < -0.39 is 11.8 Å². The molecule has 2 aromatic heterocycles. The van der Waals surface area contributed by atoms with Crippen molar-refractivity contribution < 1.29 is 19.1 Å². The maximum absolute atomic E-state index is 12.8. The van der Waals surface area contributed by atoms with E-state index in [2.05, 4.69) is 20.6 Å². The van der Waals surface area contributed by atoms with Crippen molar-refractivity contribution in [2.75, 3.05) is 50.0 Å². The van der Waals surface area contributed by atoms with Gasteiger partial charge in [-0.25, -0.2) is 4.98 Å². The Morgan fingerprint density at radius 3 is 2.71 bits per heavy atom. The average molecular weight is 442 g/mol. The number of pyridine rings is 1. The number of amides is 2. The van der Waals surface area contributed by atoms with Gasteiger partial charge in [0.15, 0.2) is 5.13 Å². The Morgan fingerprint density at radius 1 is 1.16 bits per heavy atom. The number of rotatable bonds is 9. The summed E-state index contributed by atoms with van der Waals surface area (Å²) in [6.07, 6.45) is 3.15. The van der Waals surface area contributed by atoms with Crippen LogP contribution >= 0.6 is 11.3 Å². The Hall–Kier alpha value is -3.50. The molecule has 31 heavy (non-hydrogen) atoms. The molecule has 0 spiro atoms. The van der Waals surface area contributed by atoms with Gasteiger partial charge in [-0.1, -0.05) is 0 Å². The average Bonchev–Trinajstić information content (AvgIpc) is 3.29. The van der Waals surface area contributed by atoms with Crippen LogP contribution in [-0.2, 0) is 4.74 Å². The van der Waals surface area contributed by atoms with E-state index in [4.69, 9.17) is 9.47 Å². The van der Waals surface area contributed by atoms with Gasteiger partial charge in [0, 0.05) is 32.3 Å². The summed E-state index contributed by atoms with van der Waals surface area (Å²) in [5.74, 6) is -0.325. The van der Waals surface area contributed by atoms with E-state index in [0.29, 0.717) is 35.4 Å². The van der Waals surface area contributed by atoms with E-state index in [1.807, 2.05) is 11.9 Å². The fourth-order valence-electron chi connectivity index (χ4n) is 2.64. The van der Waals surface area contributed by atoms with Crippen molar-refractivity contribution in [3.8, 4) is 5.75 Å². The summed E-state index contributed by atoms with van der Waals surface area (Å²) >= 11 is 1.36. The molecule has 0 radical (unpaired) electrons. The number of thiazole rings is 1. The van der Waals surface area contributed by atoms with Crippen LogP contribution in [0.5, 0.6) is 5.75 Å². The van der Waals surface area contributed by atoms with Crippen LogP contribution in [0.3, 0.4) is 0 Å². The molecular weight excluding hydrogens is 418 g/mol. The lowest BCUT2D eigenvalue weighted by atomic mass is 10.1. The number of carbonyl (C=O) groups excluding carboxylic acids is 2. The Labute approximate surface area is 184 Å².